The Morgan fingerprint density at radius 1 is 1.09 bits per heavy atom. The first-order valence-corrected chi connectivity index (χ1v) is 11.5. The van der Waals surface area contributed by atoms with Gasteiger partial charge >= 0.3 is 5.97 Å². The molecule has 0 amide bonds. The highest BCUT2D eigenvalue weighted by atomic mass is 16.6. The second-order valence-electron chi connectivity index (χ2n) is 8.59. The number of ether oxygens (including phenoxy) is 1. The normalized spacial score (nSPS) is 19.6. The lowest BCUT2D eigenvalue weighted by molar-refractivity contribution is 0.0656. The van der Waals surface area contributed by atoms with E-state index in [1.165, 1.54) is 41.3 Å². The van der Waals surface area contributed by atoms with Gasteiger partial charge in [-0.2, -0.15) is 0 Å². The Hall–Kier alpha value is -3.34. The molecule has 1 atom stereocenters. The van der Waals surface area contributed by atoms with Crippen LogP contribution in [0.5, 0.6) is 5.95 Å². The molecular formula is C27H27NO4. The second-order valence-corrected chi connectivity index (χ2v) is 8.59. The zero-order chi connectivity index (χ0) is 21.9. The van der Waals surface area contributed by atoms with E-state index >= 15 is 0 Å². The molecule has 1 saturated carbocycles. The first-order chi connectivity index (χ1) is 15.7. The van der Waals surface area contributed by atoms with Gasteiger partial charge in [0.25, 0.3) is 5.95 Å². The van der Waals surface area contributed by atoms with E-state index in [1.807, 2.05) is 6.08 Å². The molecule has 1 aromatic heterocycles. The van der Waals surface area contributed by atoms with Gasteiger partial charge in [0.15, 0.2) is 5.76 Å². The molecule has 1 aliphatic heterocycles. The lowest BCUT2D eigenvalue weighted by atomic mass is 9.81. The predicted octanol–water partition coefficient (Wildman–Crippen LogP) is 6.49. The maximum absolute atomic E-state index is 11.1. The fraction of sp³-hybridized carbons (Fsp3) is 0.333. The highest BCUT2D eigenvalue weighted by Crippen LogP contribution is 2.44. The maximum Gasteiger partial charge on any atom is 0.371 e. The second kappa shape index (κ2) is 9.03. The molecule has 1 N–H and O–H groups in total. The van der Waals surface area contributed by atoms with Crippen LogP contribution in [0.25, 0.3) is 0 Å². The first kappa shape index (κ1) is 20.6. The molecule has 1 fully saturated rings. The van der Waals surface area contributed by atoms with E-state index in [0.717, 1.165) is 44.2 Å². The summed E-state index contributed by atoms with van der Waals surface area (Å²) in [6, 6.07) is 13.6. The number of carboxylic acid groups (broad SMARTS) is 1. The molecule has 5 rings (SSSR count). The topological polar surface area (TPSA) is 72.0 Å². The third-order valence-corrected chi connectivity index (χ3v) is 6.43. The fourth-order valence-electron chi connectivity index (χ4n) is 4.87. The van der Waals surface area contributed by atoms with Crippen LogP contribution in [0.1, 0.15) is 61.1 Å². The van der Waals surface area contributed by atoms with Crippen molar-refractivity contribution < 1.29 is 19.1 Å². The van der Waals surface area contributed by atoms with Crippen LogP contribution >= 0.6 is 0 Å². The Morgan fingerprint density at radius 2 is 1.94 bits per heavy atom. The van der Waals surface area contributed by atoms with Gasteiger partial charge < -0.3 is 14.3 Å². The van der Waals surface area contributed by atoms with Gasteiger partial charge in [0.05, 0.1) is 0 Å². The Balaban J connectivity index is 1.33. The highest BCUT2D eigenvalue weighted by molar-refractivity contribution is 6.05. The fourth-order valence-corrected chi connectivity index (χ4v) is 4.87. The van der Waals surface area contributed by atoms with Crippen LogP contribution in [0.2, 0.25) is 0 Å². The van der Waals surface area contributed by atoms with E-state index in [9.17, 15) is 4.79 Å². The number of aromatic carboxylic acids is 1. The summed E-state index contributed by atoms with van der Waals surface area (Å²) in [6.07, 6.45) is 13.2. The summed E-state index contributed by atoms with van der Waals surface area (Å²) < 4.78 is 11.3. The number of fused-ring (bicyclic) bond motifs is 2. The zero-order valence-electron chi connectivity index (χ0n) is 18.0. The van der Waals surface area contributed by atoms with Crippen LogP contribution in [0.4, 0.5) is 0 Å². The van der Waals surface area contributed by atoms with Gasteiger partial charge in [-0.05, 0) is 73.8 Å². The number of carboxylic acids is 1. The average molecular weight is 430 g/mol. The van der Waals surface area contributed by atoms with Crippen LogP contribution in [0, 0.1) is 5.92 Å². The van der Waals surface area contributed by atoms with E-state index in [4.69, 9.17) is 19.3 Å². The molecule has 164 valence electrons. The van der Waals surface area contributed by atoms with Crippen LogP contribution in [0.15, 0.2) is 86.6 Å². The number of hydrogen-bond donors (Lipinski definition) is 1. The van der Waals surface area contributed by atoms with Crippen LogP contribution in [0.3, 0.4) is 0 Å². The lowest BCUT2D eigenvalue weighted by Crippen LogP contribution is -2.14. The summed E-state index contributed by atoms with van der Waals surface area (Å²) in [5.41, 5.74) is 6.20. The number of aliphatic imine (C=N–C) groups is 1. The van der Waals surface area contributed by atoms with Crippen molar-refractivity contribution in [2.45, 2.75) is 51.4 Å². The summed E-state index contributed by atoms with van der Waals surface area (Å²) in [7, 11) is 0. The smallest absolute Gasteiger partial charge is 0.371 e. The molecular weight excluding hydrogens is 402 g/mol. The minimum absolute atomic E-state index is 0.133. The number of allylic oxidation sites excluding steroid dienone is 4. The molecule has 1 aromatic carbocycles. The van der Waals surface area contributed by atoms with Gasteiger partial charge in [0, 0.05) is 17.7 Å². The van der Waals surface area contributed by atoms with E-state index in [1.54, 1.807) is 6.07 Å². The number of furan rings is 1. The van der Waals surface area contributed by atoms with Crippen molar-refractivity contribution in [2.75, 3.05) is 0 Å². The van der Waals surface area contributed by atoms with E-state index in [0.29, 0.717) is 11.7 Å². The number of aryl methyl sites for hydroxylation is 1. The minimum atomic E-state index is -1.11. The quantitative estimate of drug-likeness (QED) is 0.487. The largest absolute Gasteiger partial charge is 0.475 e. The molecule has 32 heavy (non-hydrogen) atoms. The molecule has 0 spiro atoms. The van der Waals surface area contributed by atoms with Gasteiger partial charge in [0.1, 0.15) is 5.70 Å². The first-order valence-electron chi connectivity index (χ1n) is 11.5. The van der Waals surface area contributed by atoms with Gasteiger partial charge in [-0.1, -0.05) is 42.8 Å². The number of carbonyl (C=O) groups is 1. The van der Waals surface area contributed by atoms with Crippen molar-refractivity contribution in [3.05, 3.63) is 88.5 Å². The SMILES string of the molecule is O=C(O)c1ccc(OC2=C3N=C4CCCCC4=C3C(CCCCc3ccccc3)C=C2)o1. The van der Waals surface area contributed by atoms with E-state index in [2.05, 4.69) is 36.4 Å². The summed E-state index contributed by atoms with van der Waals surface area (Å²) in [5, 5.41) is 9.10. The molecule has 2 heterocycles. The lowest BCUT2D eigenvalue weighted by Gasteiger charge is -2.23. The Bertz CT molecular complexity index is 1130. The summed E-state index contributed by atoms with van der Waals surface area (Å²) in [6.45, 7) is 0. The zero-order valence-corrected chi connectivity index (χ0v) is 18.0. The van der Waals surface area contributed by atoms with Crippen molar-refractivity contribution in [1.29, 1.82) is 0 Å². The standard InChI is InChI=1S/C27H27NO4/c29-27(30)23-16-17-24(32-23)31-22-15-14-19(11-5-4-10-18-8-2-1-3-9-18)25-20-12-6-7-13-21(20)28-26(22)25/h1-3,8-9,14-17,19H,4-7,10-13H2,(H,29,30). The minimum Gasteiger partial charge on any atom is -0.475 e. The summed E-state index contributed by atoms with van der Waals surface area (Å²) >= 11 is 0. The summed E-state index contributed by atoms with van der Waals surface area (Å²) in [5.74, 6) is -0.0842. The Labute approximate surface area is 187 Å². The number of rotatable bonds is 8. The summed E-state index contributed by atoms with van der Waals surface area (Å²) in [4.78, 5) is 16.1. The van der Waals surface area contributed by atoms with Gasteiger partial charge in [-0.3, -0.25) is 0 Å². The Kier molecular flexibility index (Phi) is 5.80. The number of benzene rings is 1. The van der Waals surface area contributed by atoms with Gasteiger partial charge in [-0.25, -0.2) is 9.79 Å². The van der Waals surface area contributed by atoms with Crippen molar-refractivity contribution >= 4 is 11.7 Å². The molecule has 1 unspecified atom stereocenters. The maximum atomic E-state index is 11.1. The molecule has 0 bridgehead atoms. The van der Waals surface area contributed by atoms with Crippen molar-refractivity contribution in [3.8, 4) is 5.95 Å². The van der Waals surface area contributed by atoms with Gasteiger partial charge in [-0.15, -0.1) is 0 Å². The third-order valence-electron chi connectivity index (χ3n) is 6.43. The van der Waals surface area contributed by atoms with Crippen LogP contribution < -0.4 is 4.74 Å². The molecule has 2 aromatic rings. The molecule has 2 aliphatic carbocycles. The predicted molar refractivity (Wildman–Crippen MR) is 123 cm³/mol. The molecule has 3 aliphatic rings. The average Bonchev–Trinajstić information content (AvgIpc) is 3.44. The van der Waals surface area contributed by atoms with Crippen molar-refractivity contribution in [1.82, 2.24) is 0 Å². The molecule has 0 radical (unpaired) electrons. The number of unbranched alkanes of at least 4 members (excludes halogenated alkanes) is 1. The van der Waals surface area contributed by atoms with Gasteiger partial charge in [0.2, 0.25) is 5.76 Å². The van der Waals surface area contributed by atoms with E-state index in [-0.39, 0.29) is 11.7 Å². The Morgan fingerprint density at radius 3 is 2.75 bits per heavy atom. The molecule has 0 saturated heterocycles. The monoisotopic (exact) mass is 429 g/mol. The highest BCUT2D eigenvalue weighted by Gasteiger charge is 2.34. The van der Waals surface area contributed by atoms with Crippen LogP contribution in [-0.4, -0.2) is 16.8 Å². The molecule has 5 heteroatoms. The third kappa shape index (κ3) is 4.20. The van der Waals surface area contributed by atoms with Crippen molar-refractivity contribution in [3.63, 3.8) is 0 Å². The van der Waals surface area contributed by atoms with Crippen molar-refractivity contribution in [2.24, 2.45) is 10.9 Å². The number of hydrogen-bond acceptors (Lipinski definition) is 4. The molecule has 5 nitrogen and oxygen atoms in total. The van der Waals surface area contributed by atoms with E-state index < -0.39 is 5.97 Å². The number of nitrogens with zero attached hydrogens (tertiary/aromatic N) is 1. The van der Waals surface area contributed by atoms with Crippen LogP contribution in [-0.2, 0) is 6.42 Å².